The molecule has 0 unspecified atom stereocenters. The van der Waals surface area contributed by atoms with Gasteiger partial charge in [-0.05, 0) is 33.8 Å². The van der Waals surface area contributed by atoms with E-state index in [1.54, 1.807) is 45.9 Å². The Balaban J connectivity index is 0.000000186. The molecule has 38 heavy (non-hydrogen) atoms. The molecule has 17 heteroatoms. The van der Waals surface area contributed by atoms with E-state index in [0.29, 0.717) is 21.3 Å². The molecule has 3 saturated heterocycles. The summed E-state index contributed by atoms with van der Waals surface area (Å²) in [5.74, 6) is -3.01. The zero-order valence-corrected chi connectivity index (χ0v) is 23.2. The Bertz CT molecular complexity index is 1320. The summed E-state index contributed by atoms with van der Waals surface area (Å²) in [4.78, 5) is 3.80. The van der Waals surface area contributed by atoms with Gasteiger partial charge in [-0.15, -0.1) is 10.2 Å². The van der Waals surface area contributed by atoms with Crippen molar-refractivity contribution < 1.29 is 36.3 Å². The molecule has 210 valence electrons. The van der Waals surface area contributed by atoms with Crippen LogP contribution >= 0.6 is 23.2 Å². The minimum Gasteiger partial charge on any atom is -0.382 e. The van der Waals surface area contributed by atoms with Gasteiger partial charge in [0, 0.05) is 5.56 Å². The summed E-state index contributed by atoms with van der Waals surface area (Å²) in [6, 6.07) is 5.13. The van der Waals surface area contributed by atoms with Gasteiger partial charge in [-0.3, -0.25) is 4.18 Å². The van der Waals surface area contributed by atoms with Gasteiger partial charge in [-0.25, -0.2) is 5.14 Å². The molecule has 1 aromatic carbocycles. The molecule has 14 nitrogen and oxygen atoms in total. The topological polar surface area (TPSA) is 206 Å². The number of rotatable bonds is 4. The normalized spacial score (nSPS) is 29.2. The van der Waals surface area contributed by atoms with Gasteiger partial charge in [-0.1, -0.05) is 35.3 Å². The minimum absolute atomic E-state index is 0.0133. The fraction of sp³-hybridized carbons (Fsp3) is 0.571. The van der Waals surface area contributed by atoms with Gasteiger partial charge in [0.05, 0.1) is 16.7 Å². The standard InChI is InChI=1S/C12H21NO8S.C9H7Cl2N5/c1-10(2)18-7-5-16-12(6-17-22(13,14)15)9(8(7)19-10)20-11(3,4)21-12;10-5-3-1-2-4(6(5)11)7-8(12)14-9(13)16-15-7/h7-9H,5-6H2,1-4H3,(H2,13,14,15);1-3H,(H4,12,13,14,16)/t7-,8-,9+,12+;/m1./s1. The van der Waals surface area contributed by atoms with Gasteiger partial charge in [0.15, 0.2) is 17.4 Å². The minimum atomic E-state index is -4.14. The summed E-state index contributed by atoms with van der Waals surface area (Å²) < 4.78 is 55.9. The first-order valence-corrected chi connectivity index (χ1v) is 13.5. The van der Waals surface area contributed by atoms with E-state index in [-0.39, 0.29) is 24.5 Å². The average molecular weight is 595 g/mol. The van der Waals surface area contributed by atoms with Gasteiger partial charge < -0.3 is 35.2 Å². The molecule has 0 saturated carbocycles. The molecule has 3 fully saturated rings. The fourth-order valence-electron chi connectivity index (χ4n) is 4.34. The molecule has 0 radical (unpaired) electrons. The number of nitrogens with two attached hydrogens (primary N) is 3. The first kappa shape index (κ1) is 29.1. The predicted molar refractivity (Wildman–Crippen MR) is 136 cm³/mol. The van der Waals surface area contributed by atoms with E-state index in [1.807, 2.05) is 0 Å². The predicted octanol–water partition coefficient (Wildman–Crippen LogP) is 1.61. The second kappa shape index (κ2) is 10.2. The van der Waals surface area contributed by atoms with Gasteiger partial charge >= 0.3 is 10.3 Å². The van der Waals surface area contributed by atoms with Crippen molar-refractivity contribution in [3.8, 4) is 11.3 Å². The van der Waals surface area contributed by atoms with Crippen LogP contribution in [0.2, 0.25) is 10.0 Å². The molecule has 6 N–H and O–H groups in total. The number of ether oxygens (including phenoxy) is 5. The lowest BCUT2D eigenvalue weighted by molar-refractivity contribution is -0.290. The van der Waals surface area contributed by atoms with Crippen molar-refractivity contribution in [2.75, 3.05) is 24.7 Å². The summed E-state index contributed by atoms with van der Waals surface area (Å²) in [7, 11) is -4.14. The molecule has 0 aliphatic carbocycles. The van der Waals surface area contributed by atoms with Crippen LogP contribution in [-0.4, -0.2) is 72.5 Å². The van der Waals surface area contributed by atoms with Crippen LogP contribution in [0.15, 0.2) is 18.2 Å². The number of nitrogens with zero attached hydrogens (tertiary/aromatic N) is 3. The van der Waals surface area contributed by atoms with Crippen molar-refractivity contribution in [3.05, 3.63) is 28.2 Å². The Kier molecular flexibility index (Phi) is 7.83. The van der Waals surface area contributed by atoms with Crippen LogP contribution in [0, 0.1) is 0 Å². The third-order valence-electron chi connectivity index (χ3n) is 5.64. The number of benzene rings is 1. The molecule has 0 amide bonds. The zero-order chi connectivity index (χ0) is 28.1. The summed E-state index contributed by atoms with van der Waals surface area (Å²) >= 11 is 11.9. The van der Waals surface area contributed by atoms with E-state index < -0.39 is 46.5 Å². The van der Waals surface area contributed by atoms with Gasteiger partial charge in [0.2, 0.25) is 11.7 Å². The molecule has 0 spiro atoms. The maximum absolute atomic E-state index is 11.1. The van der Waals surface area contributed by atoms with Gasteiger partial charge in [0.25, 0.3) is 0 Å². The molecule has 0 bridgehead atoms. The highest BCUT2D eigenvalue weighted by atomic mass is 35.5. The lowest BCUT2D eigenvalue weighted by atomic mass is 9.98. The summed E-state index contributed by atoms with van der Waals surface area (Å²) in [6.07, 6.45) is -1.50. The number of nitrogen functional groups attached to an aromatic ring is 2. The average Bonchev–Trinajstić information content (AvgIpc) is 3.26. The Hall–Kier alpha value is -1.92. The van der Waals surface area contributed by atoms with Crippen molar-refractivity contribution in [2.24, 2.45) is 5.14 Å². The summed E-state index contributed by atoms with van der Waals surface area (Å²) in [6.45, 7) is 6.71. The van der Waals surface area contributed by atoms with Gasteiger partial charge in [-0.2, -0.15) is 13.4 Å². The number of hydrogen-bond acceptors (Lipinski definition) is 13. The van der Waals surface area contributed by atoms with Gasteiger partial charge in [0.1, 0.15) is 30.6 Å². The highest BCUT2D eigenvalue weighted by molar-refractivity contribution is 7.84. The fourth-order valence-corrected chi connectivity index (χ4v) is 5.06. The molecule has 3 aliphatic rings. The van der Waals surface area contributed by atoms with Crippen molar-refractivity contribution in [2.45, 2.75) is 63.4 Å². The number of fused-ring (bicyclic) bond motifs is 3. The summed E-state index contributed by atoms with van der Waals surface area (Å²) in [5, 5.41) is 13.1. The van der Waals surface area contributed by atoms with E-state index in [1.165, 1.54) is 0 Å². The third kappa shape index (κ3) is 6.28. The van der Waals surface area contributed by atoms with Crippen molar-refractivity contribution in [1.29, 1.82) is 0 Å². The number of anilines is 2. The van der Waals surface area contributed by atoms with Crippen LogP contribution in [0.3, 0.4) is 0 Å². The summed E-state index contributed by atoms with van der Waals surface area (Å²) in [5.41, 5.74) is 12.0. The quantitative estimate of drug-likeness (QED) is 0.460. The van der Waals surface area contributed by atoms with Crippen LogP contribution in [0.25, 0.3) is 11.3 Å². The molecule has 4 heterocycles. The van der Waals surface area contributed by atoms with E-state index >= 15 is 0 Å². The van der Waals surface area contributed by atoms with E-state index in [2.05, 4.69) is 15.2 Å². The SMILES string of the molecule is CC1(C)O[C@@H]2[C@@H](CO[C@@]3(COS(N)(=O)=O)OC(C)(C)O[C@@H]23)O1.Nc1nnc(-c2cccc(Cl)c2Cl)c(N)n1. The Labute approximate surface area is 229 Å². The Morgan fingerprint density at radius 1 is 1.08 bits per heavy atom. The van der Waals surface area contributed by atoms with E-state index in [9.17, 15) is 8.42 Å². The first-order chi connectivity index (χ1) is 17.5. The monoisotopic (exact) mass is 594 g/mol. The maximum Gasteiger partial charge on any atom is 0.333 e. The van der Waals surface area contributed by atoms with Crippen molar-refractivity contribution >= 4 is 45.3 Å². The molecule has 2 aromatic rings. The van der Waals surface area contributed by atoms with Crippen LogP contribution in [0.4, 0.5) is 11.8 Å². The Morgan fingerprint density at radius 2 is 1.79 bits per heavy atom. The van der Waals surface area contributed by atoms with E-state index in [4.69, 9.17) is 67.7 Å². The maximum atomic E-state index is 11.1. The molecule has 5 rings (SSSR count). The number of halogens is 2. The van der Waals surface area contributed by atoms with E-state index in [0.717, 1.165) is 0 Å². The second-order valence-electron chi connectivity index (χ2n) is 9.56. The van der Waals surface area contributed by atoms with Crippen LogP contribution < -0.4 is 16.6 Å². The molecule has 1 aromatic heterocycles. The van der Waals surface area contributed by atoms with Crippen molar-refractivity contribution in [3.63, 3.8) is 0 Å². The zero-order valence-electron chi connectivity index (χ0n) is 20.9. The molecular weight excluding hydrogens is 567 g/mol. The lowest BCUT2D eigenvalue weighted by Gasteiger charge is -2.40. The molecule has 3 aliphatic heterocycles. The number of aromatic nitrogens is 3. The Morgan fingerprint density at radius 3 is 2.45 bits per heavy atom. The van der Waals surface area contributed by atoms with Crippen LogP contribution in [-0.2, 0) is 38.2 Å². The highest BCUT2D eigenvalue weighted by Crippen LogP contribution is 2.47. The van der Waals surface area contributed by atoms with Crippen LogP contribution in [0.5, 0.6) is 0 Å². The van der Waals surface area contributed by atoms with Crippen LogP contribution in [0.1, 0.15) is 27.7 Å². The molecule has 4 atom stereocenters. The third-order valence-corrected chi connectivity index (χ3v) is 6.90. The lowest BCUT2D eigenvalue weighted by Crippen LogP contribution is -2.60. The van der Waals surface area contributed by atoms with Crippen molar-refractivity contribution in [1.82, 2.24) is 15.2 Å². The first-order valence-electron chi connectivity index (χ1n) is 11.3. The highest BCUT2D eigenvalue weighted by Gasteiger charge is 2.65. The second-order valence-corrected chi connectivity index (χ2v) is 11.6. The largest absolute Gasteiger partial charge is 0.382 e. The molecular formula is C21H28Cl2N6O8S. The smallest absolute Gasteiger partial charge is 0.333 e. The number of hydrogen-bond donors (Lipinski definition) is 3.